The summed E-state index contributed by atoms with van der Waals surface area (Å²) in [7, 11) is 1.77. The van der Waals surface area contributed by atoms with Crippen LogP contribution in [-0.2, 0) is 4.74 Å². The molecule has 0 radical (unpaired) electrons. The summed E-state index contributed by atoms with van der Waals surface area (Å²) in [5.41, 5.74) is 0.125. The van der Waals surface area contributed by atoms with Crippen molar-refractivity contribution in [2.24, 2.45) is 0 Å². The topological polar surface area (TPSA) is 9.23 Å². The van der Waals surface area contributed by atoms with Gasteiger partial charge in [0, 0.05) is 7.11 Å². The summed E-state index contributed by atoms with van der Waals surface area (Å²) in [6.45, 7) is 10.4. The van der Waals surface area contributed by atoms with Gasteiger partial charge < -0.3 is 4.74 Å². The normalized spacial score (nSPS) is 10.2. The zero-order valence-corrected chi connectivity index (χ0v) is 8.32. The van der Waals surface area contributed by atoms with Crippen LogP contribution in [0, 0.1) is 0 Å². The molecule has 0 N–H and O–H groups in total. The molecule has 0 atom stereocenters. The first kappa shape index (κ1) is 12.6. The Morgan fingerprint density at radius 1 is 1.10 bits per heavy atom. The molecular formula is C9H22O. The second-order valence-electron chi connectivity index (χ2n) is 2.36. The highest BCUT2D eigenvalue weighted by Gasteiger charge is 2.16. The van der Waals surface area contributed by atoms with Crippen LogP contribution in [0.3, 0.4) is 0 Å². The average Bonchev–Trinajstić information content (AvgIpc) is 2.07. The largest absolute Gasteiger partial charge is 0.379 e. The zero-order chi connectivity index (χ0) is 8.62. The van der Waals surface area contributed by atoms with Gasteiger partial charge in [-0.2, -0.15) is 0 Å². The van der Waals surface area contributed by atoms with Gasteiger partial charge in [0.1, 0.15) is 0 Å². The Kier molecular flexibility index (Phi) is 8.92. The zero-order valence-electron chi connectivity index (χ0n) is 8.32. The molecule has 0 rings (SSSR count). The quantitative estimate of drug-likeness (QED) is 0.594. The Morgan fingerprint density at radius 2 is 1.40 bits per heavy atom. The van der Waals surface area contributed by atoms with Gasteiger partial charge in [-0.15, -0.1) is 0 Å². The van der Waals surface area contributed by atoms with Crippen molar-refractivity contribution in [3.8, 4) is 0 Å². The lowest BCUT2D eigenvalue weighted by Crippen LogP contribution is -2.24. The summed E-state index contributed by atoms with van der Waals surface area (Å²) in [5.74, 6) is 0. The van der Waals surface area contributed by atoms with Crippen molar-refractivity contribution in [1.82, 2.24) is 0 Å². The van der Waals surface area contributed by atoms with Crippen molar-refractivity contribution in [2.45, 2.75) is 53.1 Å². The molecule has 0 bridgehead atoms. The lowest BCUT2D eigenvalue weighted by molar-refractivity contribution is -0.000191. The van der Waals surface area contributed by atoms with E-state index < -0.39 is 0 Å². The highest BCUT2D eigenvalue weighted by atomic mass is 16.5. The van der Waals surface area contributed by atoms with E-state index in [1.54, 1.807) is 7.11 Å². The molecule has 0 saturated heterocycles. The lowest BCUT2D eigenvalue weighted by Gasteiger charge is -2.24. The second kappa shape index (κ2) is 7.07. The van der Waals surface area contributed by atoms with E-state index in [-0.39, 0.29) is 5.60 Å². The third-order valence-corrected chi connectivity index (χ3v) is 1.99. The molecule has 10 heavy (non-hydrogen) atoms. The monoisotopic (exact) mass is 146 g/mol. The highest BCUT2D eigenvalue weighted by molar-refractivity contribution is 4.68. The van der Waals surface area contributed by atoms with Crippen LogP contribution in [0.2, 0.25) is 0 Å². The number of ether oxygens (including phenoxy) is 1. The van der Waals surface area contributed by atoms with Crippen LogP contribution in [0.5, 0.6) is 0 Å². The summed E-state index contributed by atoms with van der Waals surface area (Å²) in [5, 5.41) is 0. The highest BCUT2D eigenvalue weighted by Crippen LogP contribution is 2.16. The Labute approximate surface area is 65.8 Å². The molecule has 0 aromatic carbocycles. The molecule has 0 aliphatic heterocycles. The van der Waals surface area contributed by atoms with E-state index >= 15 is 0 Å². The van der Waals surface area contributed by atoms with Gasteiger partial charge in [-0.3, -0.25) is 0 Å². The van der Waals surface area contributed by atoms with E-state index in [4.69, 9.17) is 4.74 Å². The van der Waals surface area contributed by atoms with Crippen molar-refractivity contribution >= 4 is 0 Å². The first-order valence-electron chi connectivity index (χ1n) is 4.23. The van der Waals surface area contributed by atoms with Gasteiger partial charge in [-0.05, 0) is 19.8 Å². The maximum absolute atomic E-state index is 5.24. The van der Waals surface area contributed by atoms with E-state index in [0.717, 1.165) is 12.8 Å². The fraction of sp³-hybridized carbons (Fsp3) is 1.00. The SMILES string of the molecule is CC.CCC(C)(CC)OC. The maximum Gasteiger partial charge on any atom is 0.0645 e. The van der Waals surface area contributed by atoms with Crippen molar-refractivity contribution in [3.63, 3.8) is 0 Å². The molecule has 0 heterocycles. The number of methoxy groups -OCH3 is 1. The molecule has 0 aliphatic rings. The van der Waals surface area contributed by atoms with Gasteiger partial charge in [0.15, 0.2) is 0 Å². The van der Waals surface area contributed by atoms with Crippen LogP contribution in [0.4, 0.5) is 0 Å². The Morgan fingerprint density at radius 3 is 1.40 bits per heavy atom. The predicted octanol–water partition coefficient (Wildman–Crippen LogP) is 3.24. The van der Waals surface area contributed by atoms with Crippen LogP contribution in [-0.4, -0.2) is 12.7 Å². The molecule has 64 valence electrons. The molecule has 0 fully saturated rings. The van der Waals surface area contributed by atoms with E-state index in [9.17, 15) is 0 Å². The summed E-state index contributed by atoms with van der Waals surface area (Å²) in [6, 6.07) is 0. The van der Waals surface area contributed by atoms with E-state index in [0.29, 0.717) is 0 Å². The van der Waals surface area contributed by atoms with Gasteiger partial charge in [0.25, 0.3) is 0 Å². The molecule has 0 saturated carbocycles. The summed E-state index contributed by atoms with van der Waals surface area (Å²) in [4.78, 5) is 0. The van der Waals surface area contributed by atoms with Crippen molar-refractivity contribution in [1.29, 1.82) is 0 Å². The molecule has 0 spiro atoms. The van der Waals surface area contributed by atoms with E-state index in [2.05, 4.69) is 20.8 Å². The lowest BCUT2D eigenvalue weighted by atomic mass is 10.0. The number of hydrogen-bond acceptors (Lipinski definition) is 1. The molecule has 0 unspecified atom stereocenters. The maximum atomic E-state index is 5.24. The fourth-order valence-electron chi connectivity index (χ4n) is 0.539. The van der Waals surface area contributed by atoms with Crippen LogP contribution < -0.4 is 0 Å². The summed E-state index contributed by atoms with van der Waals surface area (Å²) in [6.07, 6.45) is 2.19. The van der Waals surface area contributed by atoms with Crippen LogP contribution in [0.1, 0.15) is 47.5 Å². The molecule has 0 aromatic rings. The minimum atomic E-state index is 0.125. The Hall–Kier alpha value is -0.0400. The minimum Gasteiger partial charge on any atom is -0.379 e. The van der Waals surface area contributed by atoms with Crippen LogP contribution >= 0.6 is 0 Å². The van der Waals surface area contributed by atoms with Gasteiger partial charge in [-0.25, -0.2) is 0 Å². The molecule has 0 aromatic heterocycles. The van der Waals surface area contributed by atoms with Crippen molar-refractivity contribution in [3.05, 3.63) is 0 Å². The standard InChI is InChI=1S/C7H16O.C2H6/c1-5-7(3,6-2)8-4;1-2/h5-6H2,1-4H3;1-2H3. The first-order chi connectivity index (χ1) is 4.68. The van der Waals surface area contributed by atoms with E-state index in [1.165, 1.54) is 0 Å². The molecular weight excluding hydrogens is 124 g/mol. The summed E-state index contributed by atoms with van der Waals surface area (Å²) >= 11 is 0. The number of hydrogen-bond donors (Lipinski definition) is 0. The van der Waals surface area contributed by atoms with Crippen LogP contribution in [0.25, 0.3) is 0 Å². The molecule has 1 heteroatoms. The smallest absolute Gasteiger partial charge is 0.0645 e. The van der Waals surface area contributed by atoms with Crippen molar-refractivity contribution < 1.29 is 4.74 Å². The van der Waals surface area contributed by atoms with Gasteiger partial charge in [0.05, 0.1) is 5.60 Å². The van der Waals surface area contributed by atoms with E-state index in [1.807, 2.05) is 13.8 Å². The van der Waals surface area contributed by atoms with Gasteiger partial charge in [-0.1, -0.05) is 27.7 Å². The number of rotatable bonds is 3. The van der Waals surface area contributed by atoms with Crippen molar-refractivity contribution in [2.75, 3.05) is 7.11 Å². The fourth-order valence-corrected chi connectivity index (χ4v) is 0.539. The van der Waals surface area contributed by atoms with Gasteiger partial charge >= 0.3 is 0 Å². The third-order valence-electron chi connectivity index (χ3n) is 1.99. The Bertz CT molecular complexity index is 47.5. The average molecular weight is 146 g/mol. The molecule has 0 aliphatic carbocycles. The first-order valence-corrected chi connectivity index (χ1v) is 4.23. The second-order valence-corrected chi connectivity index (χ2v) is 2.36. The van der Waals surface area contributed by atoms with Gasteiger partial charge in [0.2, 0.25) is 0 Å². The predicted molar refractivity (Wildman–Crippen MR) is 47.3 cm³/mol. The summed E-state index contributed by atoms with van der Waals surface area (Å²) < 4.78 is 5.24. The minimum absolute atomic E-state index is 0.125. The molecule has 0 amide bonds. The Balaban J connectivity index is 0. The molecule has 1 nitrogen and oxygen atoms in total. The van der Waals surface area contributed by atoms with Crippen LogP contribution in [0.15, 0.2) is 0 Å². The third kappa shape index (κ3) is 4.80.